The number of esters is 1. The largest absolute Gasteiger partial charge is 0.461 e. The van der Waals surface area contributed by atoms with Gasteiger partial charge in [-0.05, 0) is 12.3 Å². The van der Waals surface area contributed by atoms with Crippen molar-refractivity contribution in [1.29, 1.82) is 5.26 Å². The van der Waals surface area contributed by atoms with Crippen LogP contribution in [0.25, 0.3) is 0 Å². The second kappa shape index (κ2) is 7.14. The van der Waals surface area contributed by atoms with Crippen molar-refractivity contribution in [3.05, 3.63) is 11.6 Å². The quantitative estimate of drug-likeness (QED) is 0.384. The lowest BCUT2D eigenvalue weighted by Crippen LogP contribution is -2.11. The molecule has 0 atom stereocenters. The minimum absolute atomic E-state index is 0.118. The van der Waals surface area contributed by atoms with Crippen molar-refractivity contribution < 1.29 is 9.53 Å². The molecular formula is C11H17NO2. The van der Waals surface area contributed by atoms with Crippen molar-refractivity contribution in [2.24, 2.45) is 5.92 Å². The average Bonchev–Trinajstić information content (AvgIpc) is 2.16. The molecule has 0 heterocycles. The van der Waals surface area contributed by atoms with Gasteiger partial charge in [0.05, 0.1) is 6.61 Å². The van der Waals surface area contributed by atoms with Crippen LogP contribution < -0.4 is 0 Å². The lowest BCUT2D eigenvalue weighted by atomic mass is 10.2. The molecule has 0 bridgehead atoms. The van der Waals surface area contributed by atoms with Gasteiger partial charge in [0.2, 0.25) is 0 Å². The number of nitrogens with zero attached hydrogens (tertiary/aromatic N) is 1. The Balaban J connectivity index is 4.13. The Kier molecular flexibility index (Phi) is 6.47. The van der Waals surface area contributed by atoms with Gasteiger partial charge in [-0.3, -0.25) is 0 Å². The summed E-state index contributed by atoms with van der Waals surface area (Å²) in [6.07, 6.45) is 3.28. The third kappa shape index (κ3) is 5.36. The van der Waals surface area contributed by atoms with Crippen molar-refractivity contribution in [2.75, 3.05) is 6.61 Å². The number of hydrogen-bond donors (Lipinski definition) is 0. The van der Waals surface area contributed by atoms with E-state index in [1.54, 1.807) is 6.08 Å². The third-order valence-electron chi connectivity index (χ3n) is 1.53. The van der Waals surface area contributed by atoms with Crippen LogP contribution in [0.2, 0.25) is 0 Å². The monoisotopic (exact) mass is 195 g/mol. The molecule has 0 aromatic heterocycles. The summed E-state index contributed by atoms with van der Waals surface area (Å²) in [6, 6.07) is 1.85. The van der Waals surface area contributed by atoms with Crippen LogP contribution >= 0.6 is 0 Å². The molecule has 0 aromatic rings. The van der Waals surface area contributed by atoms with Gasteiger partial charge in [0, 0.05) is 0 Å². The second-order valence-corrected chi connectivity index (χ2v) is 3.51. The maximum atomic E-state index is 11.3. The van der Waals surface area contributed by atoms with Gasteiger partial charge in [-0.15, -0.1) is 0 Å². The van der Waals surface area contributed by atoms with Gasteiger partial charge in [-0.2, -0.15) is 5.26 Å². The van der Waals surface area contributed by atoms with Gasteiger partial charge in [-0.1, -0.05) is 33.3 Å². The van der Waals surface area contributed by atoms with Crippen LogP contribution in [0.3, 0.4) is 0 Å². The highest BCUT2D eigenvalue weighted by atomic mass is 16.5. The average molecular weight is 195 g/mol. The Morgan fingerprint density at radius 2 is 2.21 bits per heavy atom. The molecule has 0 rings (SSSR count). The van der Waals surface area contributed by atoms with Gasteiger partial charge in [0.15, 0.2) is 0 Å². The molecule has 78 valence electrons. The first kappa shape index (κ1) is 12.7. The number of allylic oxidation sites excluding steroid dienone is 1. The number of carbonyl (C=O) groups is 1. The molecule has 0 spiro atoms. The molecule has 0 amide bonds. The van der Waals surface area contributed by atoms with Crippen molar-refractivity contribution in [1.82, 2.24) is 0 Å². The molecular weight excluding hydrogens is 178 g/mol. The highest BCUT2D eigenvalue weighted by Crippen LogP contribution is 2.02. The first-order valence-corrected chi connectivity index (χ1v) is 4.89. The van der Waals surface area contributed by atoms with E-state index in [1.165, 1.54) is 0 Å². The second-order valence-electron chi connectivity index (χ2n) is 3.51. The van der Waals surface area contributed by atoms with Crippen LogP contribution in [0.5, 0.6) is 0 Å². The zero-order chi connectivity index (χ0) is 11.0. The number of ether oxygens (including phenoxy) is 1. The minimum Gasteiger partial charge on any atom is -0.461 e. The van der Waals surface area contributed by atoms with Gasteiger partial charge in [-0.25, -0.2) is 4.79 Å². The summed E-state index contributed by atoms with van der Waals surface area (Å²) in [6.45, 7) is 6.26. The van der Waals surface area contributed by atoms with E-state index < -0.39 is 5.97 Å². The summed E-state index contributed by atoms with van der Waals surface area (Å²) < 4.78 is 4.92. The predicted molar refractivity (Wildman–Crippen MR) is 54.4 cm³/mol. The molecule has 0 radical (unpaired) electrons. The Labute approximate surface area is 85.4 Å². The minimum atomic E-state index is -0.505. The Morgan fingerprint density at radius 3 is 2.64 bits per heavy atom. The fourth-order valence-corrected chi connectivity index (χ4v) is 0.783. The van der Waals surface area contributed by atoms with Crippen LogP contribution in [0.1, 0.15) is 33.6 Å². The summed E-state index contributed by atoms with van der Waals surface area (Å²) in [7, 11) is 0. The summed E-state index contributed by atoms with van der Waals surface area (Å²) >= 11 is 0. The molecule has 0 saturated carbocycles. The molecule has 0 aliphatic rings. The first-order chi connectivity index (χ1) is 6.61. The summed E-state index contributed by atoms with van der Waals surface area (Å²) in [4.78, 5) is 11.3. The highest BCUT2D eigenvalue weighted by molar-refractivity contribution is 5.92. The Morgan fingerprint density at radius 1 is 1.57 bits per heavy atom. The smallest absolute Gasteiger partial charge is 0.348 e. The number of unbranched alkanes of at least 4 members (excludes halogenated alkanes) is 1. The van der Waals surface area contributed by atoms with E-state index in [0.717, 1.165) is 12.8 Å². The van der Waals surface area contributed by atoms with E-state index in [-0.39, 0.29) is 5.57 Å². The summed E-state index contributed by atoms with van der Waals surface area (Å²) in [5.74, 6) is -0.209. The van der Waals surface area contributed by atoms with Crippen molar-refractivity contribution in [2.45, 2.75) is 33.6 Å². The van der Waals surface area contributed by atoms with Crippen molar-refractivity contribution in [3.63, 3.8) is 0 Å². The van der Waals surface area contributed by atoms with Gasteiger partial charge < -0.3 is 4.74 Å². The SMILES string of the molecule is CCCC=C(C#N)C(=O)OCC(C)C. The molecule has 0 N–H and O–H groups in total. The van der Waals surface area contributed by atoms with Gasteiger partial charge in [0.1, 0.15) is 11.6 Å². The predicted octanol–water partition coefficient (Wildman–Crippen LogP) is 2.44. The molecule has 0 aliphatic heterocycles. The van der Waals surface area contributed by atoms with Crippen LogP contribution in [0.4, 0.5) is 0 Å². The van der Waals surface area contributed by atoms with E-state index in [9.17, 15) is 4.79 Å². The standard InChI is InChI=1S/C11H17NO2/c1-4-5-6-10(7-12)11(13)14-8-9(2)3/h6,9H,4-5,8H2,1-3H3. The van der Waals surface area contributed by atoms with E-state index in [4.69, 9.17) is 10.00 Å². The topological polar surface area (TPSA) is 50.1 Å². The highest BCUT2D eigenvalue weighted by Gasteiger charge is 2.10. The molecule has 14 heavy (non-hydrogen) atoms. The summed E-state index contributed by atoms with van der Waals surface area (Å²) in [5.41, 5.74) is 0.118. The molecule has 0 fully saturated rings. The van der Waals surface area contributed by atoms with E-state index in [1.807, 2.05) is 26.8 Å². The number of nitriles is 1. The van der Waals surface area contributed by atoms with E-state index >= 15 is 0 Å². The van der Waals surface area contributed by atoms with Crippen LogP contribution in [0, 0.1) is 17.2 Å². The van der Waals surface area contributed by atoms with Crippen molar-refractivity contribution >= 4 is 5.97 Å². The first-order valence-electron chi connectivity index (χ1n) is 4.89. The maximum absolute atomic E-state index is 11.3. The molecule has 3 nitrogen and oxygen atoms in total. The number of carbonyl (C=O) groups excluding carboxylic acids is 1. The fraction of sp³-hybridized carbons (Fsp3) is 0.636. The van der Waals surface area contributed by atoms with Gasteiger partial charge in [0.25, 0.3) is 0 Å². The normalized spacial score (nSPS) is 11.2. The van der Waals surface area contributed by atoms with Crippen LogP contribution in [0.15, 0.2) is 11.6 Å². The number of hydrogen-bond acceptors (Lipinski definition) is 3. The summed E-state index contributed by atoms with van der Waals surface area (Å²) in [5, 5.41) is 8.67. The molecule has 0 aromatic carbocycles. The van der Waals surface area contributed by atoms with Gasteiger partial charge >= 0.3 is 5.97 Å². The maximum Gasteiger partial charge on any atom is 0.348 e. The number of rotatable bonds is 5. The zero-order valence-electron chi connectivity index (χ0n) is 9.04. The molecule has 0 aliphatic carbocycles. The lowest BCUT2D eigenvalue weighted by Gasteiger charge is -2.05. The Bertz CT molecular complexity index is 249. The van der Waals surface area contributed by atoms with Crippen molar-refractivity contribution in [3.8, 4) is 6.07 Å². The molecule has 3 heteroatoms. The van der Waals surface area contributed by atoms with Crippen LogP contribution in [-0.4, -0.2) is 12.6 Å². The molecule has 0 unspecified atom stereocenters. The molecule has 0 saturated heterocycles. The zero-order valence-corrected chi connectivity index (χ0v) is 9.04. The Hall–Kier alpha value is -1.30. The van der Waals surface area contributed by atoms with Crippen LogP contribution in [-0.2, 0) is 9.53 Å². The fourth-order valence-electron chi connectivity index (χ4n) is 0.783. The van der Waals surface area contributed by atoms with E-state index in [0.29, 0.717) is 12.5 Å². The lowest BCUT2D eigenvalue weighted by molar-refractivity contribution is -0.139. The third-order valence-corrected chi connectivity index (χ3v) is 1.53. The van der Waals surface area contributed by atoms with E-state index in [2.05, 4.69) is 0 Å².